The van der Waals surface area contributed by atoms with Crippen LogP contribution >= 0.6 is 12.4 Å². The quantitative estimate of drug-likeness (QED) is 0.736. The highest BCUT2D eigenvalue weighted by molar-refractivity contribution is 6.48. The van der Waals surface area contributed by atoms with E-state index in [0.717, 1.165) is 13.1 Å². The van der Waals surface area contributed by atoms with E-state index in [-0.39, 0.29) is 36.1 Å². The van der Waals surface area contributed by atoms with Gasteiger partial charge in [-0.25, -0.2) is 0 Å². The lowest BCUT2D eigenvalue weighted by molar-refractivity contribution is 0.00578. The van der Waals surface area contributed by atoms with E-state index in [2.05, 4.69) is 46.9 Å². The maximum Gasteiger partial charge on any atom is 0.463 e. The van der Waals surface area contributed by atoms with Crippen LogP contribution in [-0.2, 0) is 9.31 Å². The Balaban J connectivity index is 0.00000144. The minimum Gasteiger partial charge on any atom is -0.403 e. The van der Waals surface area contributed by atoms with Crippen LogP contribution in [0.3, 0.4) is 0 Å². The lowest BCUT2D eigenvalue weighted by atomic mass is 9.60. The molecule has 17 heavy (non-hydrogen) atoms. The highest BCUT2D eigenvalue weighted by Crippen LogP contribution is 2.46. The molecule has 0 spiro atoms. The molecule has 2 aliphatic rings. The van der Waals surface area contributed by atoms with Gasteiger partial charge in [0.15, 0.2) is 0 Å². The van der Waals surface area contributed by atoms with Gasteiger partial charge < -0.3 is 14.6 Å². The van der Waals surface area contributed by atoms with Crippen LogP contribution in [-0.4, -0.2) is 31.4 Å². The Bertz CT molecular complexity index is 278. The first kappa shape index (κ1) is 15.3. The number of hydrogen-bond acceptors (Lipinski definition) is 3. The molecule has 2 fully saturated rings. The van der Waals surface area contributed by atoms with Crippen LogP contribution < -0.4 is 5.32 Å². The van der Waals surface area contributed by atoms with Gasteiger partial charge in [-0.2, -0.15) is 0 Å². The van der Waals surface area contributed by atoms with Crippen molar-refractivity contribution in [2.75, 3.05) is 13.1 Å². The molecule has 100 valence electrons. The zero-order valence-electron chi connectivity index (χ0n) is 11.8. The Labute approximate surface area is 112 Å². The maximum absolute atomic E-state index is 6.12. The van der Waals surface area contributed by atoms with Crippen molar-refractivity contribution < 1.29 is 9.31 Å². The molecule has 0 aromatic heterocycles. The van der Waals surface area contributed by atoms with E-state index in [1.165, 1.54) is 0 Å². The molecule has 2 saturated heterocycles. The van der Waals surface area contributed by atoms with Crippen LogP contribution in [0.25, 0.3) is 0 Å². The number of halogens is 1. The fourth-order valence-corrected chi connectivity index (χ4v) is 2.47. The molecule has 0 saturated carbocycles. The Morgan fingerprint density at radius 2 is 1.47 bits per heavy atom. The maximum atomic E-state index is 6.12. The second kappa shape index (κ2) is 4.41. The Morgan fingerprint density at radius 3 is 1.82 bits per heavy atom. The van der Waals surface area contributed by atoms with Crippen LogP contribution in [0, 0.1) is 5.41 Å². The Kier molecular flexibility index (Phi) is 3.97. The number of hydrogen-bond donors (Lipinski definition) is 1. The van der Waals surface area contributed by atoms with E-state index in [0.29, 0.717) is 5.82 Å². The Morgan fingerprint density at radius 1 is 1.00 bits per heavy atom. The second-order valence-electron chi connectivity index (χ2n) is 6.85. The summed E-state index contributed by atoms with van der Waals surface area (Å²) in [5.74, 6) is 0.438. The molecule has 0 bridgehead atoms. The van der Waals surface area contributed by atoms with Crippen molar-refractivity contribution in [2.45, 2.75) is 58.6 Å². The predicted molar refractivity (Wildman–Crippen MR) is 73.7 cm³/mol. The van der Waals surface area contributed by atoms with Gasteiger partial charge >= 0.3 is 7.12 Å². The molecule has 1 unspecified atom stereocenters. The molecule has 1 N–H and O–H groups in total. The van der Waals surface area contributed by atoms with Crippen molar-refractivity contribution in [3.8, 4) is 0 Å². The molecule has 0 amide bonds. The summed E-state index contributed by atoms with van der Waals surface area (Å²) in [7, 11) is -0.0741. The zero-order chi connectivity index (χ0) is 12.2. The van der Waals surface area contributed by atoms with Gasteiger partial charge in [-0.1, -0.05) is 13.8 Å². The molecular formula is C12H25BClNO2. The average Bonchev–Trinajstić information content (AvgIpc) is 2.50. The summed E-state index contributed by atoms with van der Waals surface area (Å²) in [6.07, 6.45) is 0. The molecule has 1 atom stereocenters. The van der Waals surface area contributed by atoms with Crippen molar-refractivity contribution in [1.29, 1.82) is 0 Å². The summed E-state index contributed by atoms with van der Waals surface area (Å²) in [4.78, 5) is 0. The highest BCUT2D eigenvalue weighted by atomic mass is 35.5. The van der Waals surface area contributed by atoms with Crippen molar-refractivity contribution in [2.24, 2.45) is 5.41 Å². The van der Waals surface area contributed by atoms with Gasteiger partial charge in [-0.05, 0) is 39.7 Å². The fourth-order valence-electron chi connectivity index (χ4n) is 2.47. The SMILES string of the molecule is CC1(C)CNCC1B1OC(C)(C)C(C)(C)O1.Cl. The van der Waals surface area contributed by atoms with E-state index >= 15 is 0 Å². The molecular weight excluding hydrogens is 236 g/mol. The highest BCUT2D eigenvalue weighted by Gasteiger charge is 2.57. The molecule has 2 rings (SSSR count). The summed E-state index contributed by atoms with van der Waals surface area (Å²) in [5, 5.41) is 3.43. The molecule has 0 radical (unpaired) electrons. The van der Waals surface area contributed by atoms with Crippen LogP contribution in [0.15, 0.2) is 0 Å². The fraction of sp³-hybridized carbons (Fsp3) is 1.00. The third kappa shape index (κ3) is 2.51. The molecule has 0 aromatic carbocycles. The summed E-state index contributed by atoms with van der Waals surface area (Å²) >= 11 is 0. The molecule has 3 nitrogen and oxygen atoms in total. The lowest BCUT2D eigenvalue weighted by Gasteiger charge is -2.32. The van der Waals surface area contributed by atoms with E-state index in [4.69, 9.17) is 9.31 Å². The lowest BCUT2D eigenvalue weighted by Crippen LogP contribution is -2.41. The monoisotopic (exact) mass is 261 g/mol. The largest absolute Gasteiger partial charge is 0.463 e. The molecule has 0 aromatic rings. The van der Waals surface area contributed by atoms with Crippen molar-refractivity contribution in [1.82, 2.24) is 5.32 Å². The van der Waals surface area contributed by atoms with Crippen LogP contribution in [0.2, 0.25) is 5.82 Å². The van der Waals surface area contributed by atoms with Crippen LogP contribution in [0.4, 0.5) is 0 Å². The number of rotatable bonds is 1. The van der Waals surface area contributed by atoms with Gasteiger partial charge in [0.1, 0.15) is 0 Å². The van der Waals surface area contributed by atoms with Crippen molar-refractivity contribution >= 4 is 19.5 Å². The van der Waals surface area contributed by atoms with Crippen molar-refractivity contribution in [3.05, 3.63) is 0 Å². The molecule has 0 aliphatic carbocycles. The van der Waals surface area contributed by atoms with E-state index < -0.39 is 0 Å². The molecule has 2 aliphatic heterocycles. The minimum atomic E-state index is -0.212. The average molecular weight is 262 g/mol. The predicted octanol–water partition coefficient (Wildman–Crippen LogP) is 2.50. The third-order valence-corrected chi connectivity index (χ3v) is 4.55. The topological polar surface area (TPSA) is 30.5 Å². The van der Waals surface area contributed by atoms with E-state index in [1.807, 2.05) is 0 Å². The van der Waals surface area contributed by atoms with Crippen LogP contribution in [0.1, 0.15) is 41.5 Å². The Hall–Kier alpha value is 0.235. The van der Waals surface area contributed by atoms with Gasteiger partial charge in [-0.3, -0.25) is 0 Å². The van der Waals surface area contributed by atoms with Gasteiger partial charge in [-0.15, -0.1) is 12.4 Å². The first-order valence-electron chi connectivity index (χ1n) is 6.22. The molecule has 2 heterocycles. The van der Waals surface area contributed by atoms with Gasteiger partial charge in [0.25, 0.3) is 0 Å². The summed E-state index contributed by atoms with van der Waals surface area (Å²) in [5.41, 5.74) is -0.173. The first-order valence-corrected chi connectivity index (χ1v) is 6.22. The van der Waals surface area contributed by atoms with E-state index in [9.17, 15) is 0 Å². The molecule has 5 heteroatoms. The zero-order valence-corrected chi connectivity index (χ0v) is 12.6. The van der Waals surface area contributed by atoms with Crippen molar-refractivity contribution in [3.63, 3.8) is 0 Å². The third-order valence-electron chi connectivity index (χ3n) is 4.55. The smallest absolute Gasteiger partial charge is 0.403 e. The normalized spacial score (nSPS) is 33.5. The van der Waals surface area contributed by atoms with Gasteiger partial charge in [0.2, 0.25) is 0 Å². The standard InChI is InChI=1S/C12H24BNO2.ClH/c1-10(2)8-14-7-9(10)13-15-11(3,4)12(5,6)16-13;/h9,14H,7-8H2,1-6H3;1H. The van der Waals surface area contributed by atoms with E-state index in [1.54, 1.807) is 0 Å². The minimum absolute atomic E-state index is 0. The number of nitrogens with one attached hydrogen (secondary N) is 1. The van der Waals surface area contributed by atoms with Gasteiger partial charge in [0, 0.05) is 12.4 Å². The summed E-state index contributed by atoms with van der Waals surface area (Å²) in [6.45, 7) is 15.0. The van der Waals surface area contributed by atoms with Crippen LogP contribution in [0.5, 0.6) is 0 Å². The first-order chi connectivity index (χ1) is 7.16. The van der Waals surface area contributed by atoms with Gasteiger partial charge in [0.05, 0.1) is 11.2 Å². The summed E-state index contributed by atoms with van der Waals surface area (Å²) < 4.78 is 12.2. The summed E-state index contributed by atoms with van der Waals surface area (Å²) in [6, 6.07) is 0. The second-order valence-corrected chi connectivity index (χ2v) is 6.85.